The van der Waals surface area contributed by atoms with Crippen molar-refractivity contribution in [3.05, 3.63) is 11.8 Å². The Morgan fingerprint density at radius 2 is 2.38 bits per heavy atom. The summed E-state index contributed by atoms with van der Waals surface area (Å²) < 4.78 is 0. The lowest BCUT2D eigenvalue weighted by atomic mass is 9.98. The first-order valence-electron chi connectivity index (χ1n) is 5.82. The third-order valence-electron chi connectivity index (χ3n) is 3.29. The molecule has 1 atom stereocenters. The first-order valence-corrected chi connectivity index (χ1v) is 5.82. The van der Waals surface area contributed by atoms with E-state index in [9.17, 15) is 5.11 Å². The van der Waals surface area contributed by atoms with E-state index in [-0.39, 0.29) is 0 Å². The number of nitrogens with one attached hydrogen (secondary N) is 1. The van der Waals surface area contributed by atoms with Crippen LogP contribution in [0.25, 0.3) is 0 Å². The van der Waals surface area contributed by atoms with Crippen LogP contribution in [0.15, 0.2) is 6.20 Å². The second-order valence-electron chi connectivity index (χ2n) is 4.79. The molecule has 1 aliphatic heterocycles. The lowest BCUT2D eigenvalue weighted by Gasteiger charge is -2.23. The Morgan fingerprint density at radius 1 is 1.56 bits per heavy atom. The van der Waals surface area contributed by atoms with Gasteiger partial charge in [-0.1, -0.05) is 0 Å². The van der Waals surface area contributed by atoms with Crippen LogP contribution in [0.3, 0.4) is 0 Å². The summed E-state index contributed by atoms with van der Waals surface area (Å²) in [5.41, 5.74) is 6.17. The number of nitrogens with two attached hydrogens (primary N) is 1. The predicted molar refractivity (Wildman–Crippen MR) is 63.2 cm³/mol. The molecule has 0 aliphatic carbocycles. The van der Waals surface area contributed by atoms with E-state index in [1.807, 2.05) is 6.92 Å². The van der Waals surface area contributed by atoms with Crippen LogP contribution in [0, 0.1) is 0 Å². The minimum Gasteiger partial charge on any atom is -0.390 e. The monoisotopic (exact) mass is 224 g/mol. The second-order valence-corrected chi connectivity index (χ2v) is 4.79. The van der Waals surface area contributed by atoms with Gasteiger partial charge in [-0.3, -0.25) is 5.10 Å². The number of nitrogens with zero attached hydrogens (tertiary/aromatic N) is 2. The molecule has 0 spiro atoms. The highest BCUT2D eigenvalue weighted by molar-refractivity contribution is 5.45. The van der Waals surface area contributed by atoms with Crippen molar-refractivity contribution >= 4 is 5.82 Å². The number of anilines is 1. The molecule has 4 N–H and O–H groups in total. The maximum absolute atomic E-state index is 10.0. The number of hydrogen-bond donors (Lipinski definition) is 3. The molecule has 0 amide bonds. The van der Waals surface area contributed by atoms with Gasteiger partial charge in [0.25, 0.3) is 0 Å². The summed E-state index contributed by atoms with van der Waals surface area (Å²) in [6, 6.07) is 0. The van der Waals surface area contributed by atoms with Gasteiger partial charge in [0, 0.05) is 25.2 Å². The molecule has 0 saturated carbocycles. The van der Waals surface area contributed by atoms with Crippen LogP contribution in [0.1, 0.15) is 31.7 Å². The predicted octanol–water partition coefficient (Wildman–Crippen LogP) is 0.610. The quantitative estimate of drug-likeness (QED) is 0.688. The van der Waals surface area contributed by atoms with Crippen LogP contribution in [-0.4, -0.2) is 34.0 Å². The first kappa shape index (κ1) is 11.4. The molecular weight excluding hydrogens is 204 g/mol. The fourth-order valence-electron chi connectivity index (χ4n) is 2.21. The van der Waals surface area contributed by atoms with E-state index < -0.39 is 5.60 Å². The summed E-state index contributed by atoms with van der Waals surface area (Å²) in [6.07, 6.45) is 4.42. The molecule has 0 radical (unpaired) electrons. The summed E-state index contributed by atoms with van der Waals surface area (Å²) >= 11 is 0. The highest BCUT2D eigenvalue weighted by atomic mass is 16.3. The van der Waals surface area contributed by atoms with E-state index in [2.05, 4.69) is 15.1 Å². The van der Waals surface area contributed by atoms with Crippen LogP contribution in [-0.2, 0) is 6.54 Å². The molecule has 16 heavy (non-hydrogen) atoms. The van der Waals surface area contributed by atoms with Crippen LogP contribution >= 0.6 is 0 Å². The van der Waals surface area contributed by atoms with E-state index in [1.54, 1.807) is 6.20 Å². The number of aliphatic hydroxyl groups is 1. The molecule has 2 heterocycles. The topological polar surface area (TPSA) is 78.2 Å². The molecule has 2 rings (SSSR count). The number of H-pyrrole nitrogens is 1. The zero-order chi connectivity index (χ0) is 11.6. The van der Waals surface area contributed by atoms with E-state index in [0.717, 1.165) is 43.7 Å². The molecule has 1 fully saturated rings. The molecule has 1 unspecified atom stereocenters. The summed E-state index contributed by atoms with van der Waals surface area (Å²) in [5.74, 6) is 1.01. The second kappa shape index (κ2) is 4.43. The van der Waals surface area contributed by atoms with Crippen molar-refractivity contribution in [1.29, 1.82) is 0 Å². The van der Waals surface area contributed by atoms with Crippen molar-refractivity contribution in [2.45, 2.75) is 38.3 Å². The molecule has 1 saturated heterocycles. The maximum atomic E-state index is 10.0. The Morgan fingerprint density at radius 3 is 3.12 bits per heavy atom. The first-order chi connectivity index (χ1) is 7.62. The molecule has 1 aromatic rings. The van der Waals surface area contributed by atoms with E-state index in [4.69, 9.17) is 5.73 Å². The normalized spacial score (nSPS) is 26.8. The molecule has 1 aliphatic rings. The highest BCUT2D eigenvalue weighted by Gasteiger charge is 2.26. The lowest BCUT2D eigenvalue weighted by Crippen LogP contribution is -2.29. The van der Waals surface area contributed by atoms with E-state index in [1.165, 1.54) is 0 Å². The molecule has 1 aromatic heterocycles. The van der Waals surface area contributed by atoms with Crippen molar-refractivity contribution in [1.82, 2.24) is 10.2 Å². The van der Waals surface area contributed by atoms with Gasteiger partial charge < -0.3 is 15.7 Å². The molecular formula is C11H20N4O. The summed E-state index contributed by atoms with van der Waals surface area (Å²) in [5, 5.41) is 17.0. The third kappa shape index (κ3) is 2.36. The van der Waals surface area contributed by atoms with Gasteiger partial charge in [0.2, 0.25) is 0 Å². The average Bonchev–Trinajstić information content (AvgIpc) is 2.63. The third-order valence-corrected chi connectivity index (χ3v) is 3.29. The summed E-state index contributed by atoms with van der Waals surface area (Å²) in [7, 11) is 0. The van der Waals surface area contributed by atoms with Gasteiger partial charge in [0.1, 0.15) is 5.82 Å². The molecule has 0 aromatic carbocycles. The van der Waals surface area contributed by atoms with Crippen LogP contribution < -0.4 is 10.6 Å². The Balaban J connectivity index is 2.11. The summed E-state index contributed by atoms with van der Waals surface area (Å²) in [4.78, 5) is 2.23. The van der Waals surface area contributed by atoms with Crippen molar-refractivity contribution in [3.63, 3.8) is 0 Å². The SMILES string of the molecule is CC1(O)CCCN(c2[nH]ncc2CN)CC1. The Hall–Kier alpha value is -1.07. The van der Waals surface area contributed by atoms with Gasteiger partial charge in [-0.15, -0.1) is 0 Å². The van der Waals surface area contributed by atoms with Crippen molar-refractivity contribution in [2.24, 2.45) is 5.73 Å². The smallest absolute Gasteiger partial charge is 0.128 e. The average molecular weight is 224 g/mol. The zero-order valence-electron chi connectivity index (χ0n) is 9.74. The van der Waals surface area contributed by atoms with E-state index in [0.29, 0.717) is 6.54 Å². The standard InChI is InChI=1S/C11H20N4O/c1-11(16)3-2-5-15(6-4-11)10-9(7-12)8-13-14-10/h8,16H,2-7,12H2,1H3,(H,13,14). The summed E-state index contributed by atoms with van der Waals surface area (Å²) in [6.45, 7) is 4.21. The van der Waals surface area contributed by atoms with Gasteiger partial charge in [-0.05, 0) is 26.2 Å². The van der Waals surface area contributed by atoms with Crippen molar-refractivity contribution in [3.8, 4) is 0 Å². The van der Waals surface area contributed by atoms with Crippen LogP contribution in [0.2, 0.25) is 0 Å². The van der Waals surface area contributed by atoms with Gasteiger partial charge in [-0.2, -0.15) is 5.10 Å². The lowest BCUT2D eigenvalue weighted by molar-refractivity contribution is 0.0481. The van der Waals surface area contributed by atoms with E-state index >= 15 is 0 Å². The highest BCUT2D eigenvalue weighted by Crippen LogP contribution is 2.25. The molecule has 5 heteroatoms. The van der Waals surface area contributed by atoms with Gasteiger partial charge >= 0.3 is 0 Å². The van der Waals surface area contributed by atoms with Crippen molar-refractivity contribution in [2.75, 3.05) is 18.0 Å². The number of aromatic amines is 1. The molecule has 90 valence electrons. The minimum atomic E-state index is -0.530. The fourth-order valence-corrected chi connectivity index (χ4v) is 2.21. The zero-order valence-corrected chi connectivity index (χ0v) is 9.74. The van der Waals surface area contributed by atoms with Crippen LogP contribution in [0.5, 0.6) is 0 Å². The Bertz CT molecular complexity index is 348. The largest absolute Gasteiger partial charge is 0.390 e. The van der Waals surface area contributed by atoms with Crippen molar-refractivity contribution < 1.29 is 5.11 Å². The molecule has 0 bridgehead atoms. The van der Waals surface area contributed by atoms with Gasteiger partial charge in [-0.25, -0.2) is 0 Å². The Kier molecular flexibility index (Phi) is 3.16. The maximum Gasteiger partial charge on any atom is 0.128 e. The van der Waals surface area contributed by atoms with Crippen LogP contribution in [0.4, 0.5) is 5.82 Å². The van der Waals surface area contributed by atoms with Gasteiger partial charge in [0.05, 0.1) is 11.8 Å². The molecule has 5 nitrogen and oxygen atoms in total. The number of aromatic nitrogens is 2. The minimum absolute atomic E-state index is 0.499. The Labute approximate surface area is 95.6 Å². The fraction of sp³-hybridized carbons (Fsp3) is 0.727. The number of rotatable bonds is 2. The number of hydrogen-bond acceptors (Lipinski definition) is 4. The van der Waals surface area contributed by atoms with Gasteiger partial charge in [0.15, 0.2) is 0 Å².